The Morgan fingerprint density at radius 2 is 1.61 bits per heavy atom. The number of carboxylic acids is 1. The molecule has 4 aromatic rings. The molecule has 0 bridgehead atoms. The van der Waals surface area contributed by atoms with Gasteiger partial charge in [0.05, 0.1) is 12.1 Å². The fraction of sp³-hybridized carbons (Fsp3) is 0.0526. The summed E-state index contributed by atoms with van der Waals surface area (Å²) in [6.07, 6.45) is -0.0344. The average molecular weight is 319 g/mol. The van der Waals surface area contributed by atoms with Gasteiger partial charge in [0.15, 0.2) is 0 Å². The van der Waals surface area contributed by atoms with Gasteiger partial charge in [-0.25, -0.2) is 4.98 Å². The van der Waals surface area contributed by atoms with Crippen molar-refractivity contribution in [2.24, 2.45) is 0 Å². The number of hydrogen-bond donors (Lipinski definition) is 1. The number of rotatable bonds is 3. The molecule has 0 atom stereocenters. The number of benzene rings is 3. The molecule has 4 rings (SSSR count). The van der Waals surface area contributed by atoms with Gasteiger partial charge in [-0.3, -0.25) is 4.79 Å². The molecule has 3 nitrogen and oxygen atoms in total. The van der Waals surface area contributed by atoms with Crippen LogP contribution in [0.4, 0.5) is 0 Å². The predicted molar refractivity (Wildman–Crippen MR) is 93.9 cm³/mol. The van der Waals surface area contributed by atoms with Crippen molar-refractivity contribution in [1.82, 2.24) is 4.98 Å². The van der Waals surface area contributed by atoms with Crippen LogP contribution in [0.2, 0.25) is 0 Å². The highest BCUT2D eigenvalue weighted by Crippen LogP contribution is 2.36. The van der Waals surface area contributed by atoms with E-state index in [0.29, 0.717) is 5.01 Å². The highest BCUT2D eigenvalue weighted by molar-refractivity contribution is 7.10. The number of carboxylic acid groups (broad SMARTS) is 1. The number of thiazole rings is 1. The minimum atomic E-state index is -0.853. The van der Waals surface area contributed by atoms with Crippen LogP contribution in [0.3, 0.4) is 0 Å². The second-order valence-electron chi connectivity index (χ2n) is 5.39. The van der Waals surface area contributed by atoms with E-state index >= 15 is 0 Å². The third-order valence-corrected chi connectivity index (χ3v) is 4.73. The fourth-order valence-electron chi connectivity index (χ4n) is 2.93. The monoisotopic (exact) mass is 319 g/mol. The third kappa shape index (κ3) is 2.47. The summed E-state index contributed by atoms with van der Waals surface area (Å²) in [5, 5.41) is 16.1. The second kappa shape index (κ2) is 5.48. The van der Waals surface area contributed by atoms with Crippen LogP contribution in [0, 0.1) is 0 Å². The van der Waals surface area contributed by atoms with Gasteiger partial charge in [0.1, 0.15) is 5.01 Å². The Hall–Kier alpha value is -2.72. The molecule has 1 heterocycles. The van der Waals surface area contributed by atoms with Crippen LogP contribution in [0.15, 0.2) is 60.0 Å². The zero-order valence-corrected chi connectivity index (χ0v) is 13.0. The van der Waals surface area contributed by atoms with Gasteiger partial charge in [0, 0.05) is 10.9 Å². The molecule has 1 N–H and O–H groups in total. The summed E-state index contributed by atoms with van der Waals surface area (Å²) in [6.45, 7) is 0. The SMILES string of the molecule is O=C(O)Cc1nc(-c2c3ccccc3cc3ccccc23)cs1. The molecule has 0 aliphatic rings. The standard InChI is InChI=1S/C19H13NO2S/c21-18(22)10-17-20-16(11-23-17)19-14-7-3-1-5-12(14)9-13-6-2-4-8-15(13)19/h1-9,11H,10H2,(H,21,22). The normalized spacial score (nSPS) is 11.1. The largest absolute Gasteiger partial charge is 0.481 e. The summed E-state index contributed by atoms with van der Waals surface area (Å²) < 4.78 is 0. The van der Waals surface area contributed by atoms with Gasteiger partial charge in [0.25, 0.3) is 0 Å². The Morgan fingerprint density at radius 3 is 2.22 bits per heavy atom. The van der Waals surface area contributed by atoms with E-state index in [2.05, 4.69) is 35.3 Å². The van der Waals surface area contributed by atoms with Gasteiger partial charge in [-0.2, -0.15) is 0 Å². The van der Waals surface area contributed by atoms with Crippen LogP contribution in [-0.2, 0) is 11.2 Å². The van der Waals surface area contributed by atoms with Crippen LogP contribution in [0.5, 0.6) is 0 Å². The summed E-state index contributed by atoms with van der Waals surface area (Å²) in [4.78, 5) is 15.5. The van der Waals surface area contributed by atoms with Crippen molar-refractivity contribution in [3.63, 3.8) is 0 Å². The van der Waals surface area contributed by atoms with E-state index in [1.807, 2.05) is 29.6 Å². The van der Waals surface area contributed by atoms with E-state index in [1.165, 1.54) is 11.3 Å². The lowest BCUT2D eigenvalue weighted by Gasteiger charge is -2.09. The lowest BCUT2D eigenvalue weighted by molar-refractivity contribution is -0.136. The topological polar surface area (TPSA) is 50.2 Å². The van der Waals surface area contributed by atoms with Crippen molar-refractivity contribution in [1.29, 1.82) is 0 Å². The van der Waals surface area contributed by atoms with Crippen LogP contribution >= 0.6 is 11.3 Å². The Labute approximate surface area is 136 Å². The number of carbonyl (C=O) groups is 1. The number of nitrogens with zero attached hydrogens (tertiary/aromatic N) is 1. The molecule has 0 amide bonds. The summed E-state index contributed by atoms with van der Waals surface area (Å²) in [5.74, 6) is -0.853. The lowest BCUT2D eigenvalue weighted by atomic mass is 9.95. The Kier molecular flexibility index (Phi) is 3.32. The molecule has 0 aliphatic carbocycles. The molecule has 0 radical (unpaired) electrons. The maximum Gasteiger partial charge on any atom is 0.310 e. The van der Waals surface area contributed by atoms with E-state index in [4.69, 9.17) is 5.11 Å². The fourth-order valence-corrected chi connectivity index (χ4v) is 3.70. The maximum absolute atomic E-state index is 10.9. The first kappa shape index (κ1) is 13.9. The highest BCUT2D eigenvalue weighted by Gasteiger charge is 2.13. The molecule has 4 heteroatoms. The first-order valence-corrected chi connectivity index (χ1v) is 8.17. The minimum Gasteiger partial charge on any atom is -0.481 e. The maximum atomic E-state index is 10.9. The molecule has 0 spiro atoms. The molecular formula is C19H13NO2S. The van der Waals surface area contributed by atoms with Crippen molar-refractivity contribution in [3.8, 4) is 11.3 Å². The van der Waals surface area contributed by atoms with Crippen molar-refractivity contribution < 1.29 is 9.90 Å². The first-order valence-electron chi connectivity index (χ1n) is 7.29. The van der Waals surface area contributed by atoms with Crippen LogP contribution in [0.1, 0.15) is 5.01 Å². The molecule has 1 aromatic heterocycles. The molecule has 0 unspecified atom stereocenters. The molecule has 112 valence electrons. The van der Waals surface area contributed by atoms with Gasteiger partial charge in [-0.05, 0) is 27.6 Å². The van der Waals surface area contributed by atoms with Gasteiger partial charge in [0.2, 0.25) is 0 Å². The molecule has 23 heavy (non-hydrogen) atoms. The molecule has 0 fully saturated rings. The van der Waals surface area contributed by atoms with E-state index in [1.54, 1.807) is 0 Å². The lowest BCUT2D eigenvalue weighted by Crippen LogP contribution is -1.99. The summed E-state index contributed by atoms with van der Waals surface area (Å²) in [7, 11) is 0. The number of aromatic nitrogens is 1. The minimum absolute atomic E-state index is 0.0344. The van der Waals surface area contributed by atoms with Gasteiger partial charge in [-0.1, -0.05) is 48.5 Å². The quantitative estimate of drug-likeness (QED) is 0.555. The molecule has 0 aliphatic heterocycles. The smallest absolute Gasteiger partial charge is 0.310 e. The Bertz CT molecular complexity index is 982. The van der Waals surface area contributed by atoms with Crippen LogP contribution < -0.4 is 0 Å². The Balaban J connectivity index is 2.02. The van der Waals surface area contributed by atoms with Gasteiger partial charge in [-0.15, -0.1) is 11.3 Å². The highest BCUT2D eigenvalue weighted by atomic mass is 32.1. The summed E-state index contributed by atoms with van der Waals surface area (Å²) in [5.41, 5.74) is 1.92. The molecule has 0 saturated heterocycles. The zero-order valence-electron chi connectivity index (χ0n) is 12.2. The van der Waals surface area contributed by atoms with E-state index in [0.717, 1.165) is 32.8 Å². The molecular weight excluding hydrogens is 306 g/mol. The number of hydrogen-bond acceptors (Lipinski definition) is 3. The third-order valence-electron chi connectivity index (χ3n) is 3.88. The predicted octanol–water partition coefficient (Wildman–Crippen LogP) is 4.74. The summed E-state index contributed by atoms with van der Waals surface area (Å²) in [6, 6.07) is 18.6. The van der Waals surface area contributed by atoms with Crippen LogP contribution in [-0.4, -0.2) is 16.1 Å². The van der Waals surface area contributed by atoms with E-state index in [9.17, 15) is 4.79 Å². The van der Waals surface area contributed by atoms with Crippen molar-refractivity contribution in [2.45, 2.75) is 6.42 Å². The first-order chi connectivity index (χ1) is 11.2. The Morgan fingerprint density at radius 1 is 1.00 bits per heavy atom. The van der Waals surface area contributed by atoms with E-state index < -0.39 is 5.97 Å². The van der Waals surface area contributed by atoms with Crippen molar-refractivity contribution >= 4 is 38.9 Å². The van der Waals surface area contributed by atoms with Crippen molar-refractivity contribution in [3.05, 3.63) is 65.0 Å². The zero-order chi connectivity index (χ0) is 15.8. The van der Waals surface area contributed by atoms with Crippen LogP contribution in [0.25, 0.3) is 32.8 Å². The number of aliphatic carboxylic acids is 1. The molecule has 0 saturated carbocycles. The average Bonchev–Trinajstić information content (AvgIpc) is 2.99. The van der Waals surface area contributed by atoms with Gasteiger partial charge < -0.3 is 5.11 Å². The van der Waals surface area contributed by atoms with E-state index in [-0.39, 0.29) is 6.42 Å². The summed E-state index contributed by atoms with van der Waals surface area (Å²) >= 11 is 1.40. The second-order valence-corrected chi connectivity index (χ2v) is 6.33. The van der Waals surface area contributed by atoms with Crippen molar-refractivity contribution in [2.75, 3.05) is 0 Å². The molecule has 3 aromatic carbocycles. The van der Waals surface area contributed by atoms with Gasteiger partial charge >= 0.3 is 5.97 Å². The number of fused-ring (bicyclic) bond motifs is 2.